The van der Waals surface area contributed by atoms with Gasteiger partial charge in [0.2, 0.25) is 0 Å². The molecule has 3 aromatic rings. The minimum Gasteiger partial charge on any atom is -0.454 e. The summed E-state index contributed by atoms with van der Waals surface area (Å²) >= 11 is 0. The molecule has 1 aliphatic rings. The van der Waals surface area contributed by atoms with Crippen molar-refractivity contribution >= 4 is 27.2 Å². The second-order valence-electron chi connectivity index (χ2n) is 8.32. The van der Waals surface area contributed by atoms with Crippen LogP contribution < -0.4 is 20.1 Å². The van der Waals surface area contributed by atoms with Gasteiger partial charge in [-0.2, -0.15) is 0 Å². The molecule has 7 nitrogen and oxygen atoms in total. The molecule has 0 aromatic heterocycles. The molecule has 0 spiro atoms. The van der Waals surface area contributed by atoms with E-state index in [0.29, 0.717) is 29.2 Å². The number of para-hydroxylation sites is 2. The van der Waals surface area contributed by atoms with E-state index < -0.39 is 9.92 Å². The molecule has 0 heterocycles. The van der Waals surface area contributed by atoms with Crippen LogP contribution in [0, 0.1) is 4.78 Å². The van der Waals surface area contributed by atoms with Gasteiger partial charge < -0.3 is 15.4 Å². The third kappa shape index (κ3) is 6.08. The lowest BCUT2D eigenvalue weighted by Crippen LogP contribution is -2.26. The number of nitrogens with one attached hydrogen (secondary N) is 4. The average molecular weight is 479 g/mol. The summed E-state index contributed by atoms with van der Waals surface area (Å²) in [6, 6.07) is 21.5. The van der Waals surface area contributed by atoms with Gasteiger partial charge in [-0.1, -0.05) is 49.7 Å². The standard InChI is InChI=1S/C26H30N4O3S/c1-2-3-16-28-23-17-19(26(31)29-20-14-15-20)18-24(25(23)33-22-12-8-5-9-13-22)34(27,32)30-21-10-6-4-7-11-21/h4-13,17-18,20,28H,2-3,14-16H2,1H3,(H,29,31)(H2,27,30,32). The number of rotatable bonds is 11. The quantitative estimate of drug-likeness (QED) is 0.253. The predicted octanol–water partition coefficient (Wildman–Crippen LogP) is 6.02. The SMILES string of the molecule is CCCCNc1cc(C(=O)NC2CC2)cc(S(=N)(=O)Nc2ccccc2)c1Oc1ccccc1. The molecule has 8 heteroatoms. The third-order valence-electron chi connectivity index (χ3n) is 5.38. The third-order valence-corrected chi connectivity index (χ3v) is 6.83. The minimum absolute atomic E-state index is 0.114. The predicted molar refractivity (Wildman–Crippen MR) is 136 cm³/mol. The van der Waals surface area contributed by atoms with Crippen molar-refractivity contribution in [2.75, 3.05) is 16.6 Å². The lowest BCUT2D eigenvalue weighted by Gasteiger charge is -2.21. The van der Waals surface area contributed by atoms with Crippen LogP contribution in [0.1, 0.15) is 43.0 Å². The van der Waals surface area contributed by atoms with E-state index >= 15 is 0 Å². The molecule has 1 unspecified atom stereocenters. The van der Waals surface area contributed by atoms with Gasteiger partial charge in [0.05, 0.1) is 5.69 Å². The summed E-state index contributed by atoms with van der Waals surface area (Å²) in [6.07, 6.45) is 3.82. The smallest absolute Gasteiger partial charge is 0.251 e. The summed E-state index contributed by atoms with van der Waals surface area (Å²) in [5.74, 6) is 0.574. The van der Waals surface area contributed by atoms with Crippen LogP contribution in [-0.2, 0) is 9.92 Å². The number of hydrogen-bond acceptors (Lipinski definition) is 5. The highest BCUT2D eigenvalue weighted by atomic mass is 32.2. The number of unbranched alkanes of at least 4 members (excludes halogenated alkanes) is 1. The first-order chi connectivity index (χ1) is 16.5. The van der Waals surface area contributed by atoms with Crippen molar-refractivity contribution in [3.8, 4) is 11.5 Å². The molecule has 34 heavy (non-hydrogen) atoms. The molecule has 0 aliphatic heterocycles. The topological polar surface area (TPSA) is 103 Å². The highest BCUT2D eigenvalue weighted by Gasteiger charge is 2.27. The van der Waals surface area contributed by atoms with E-state index in [-0.39, 0.29) is 22.6 Å². The van der Waals surface area contributed by atoms with Crippen LogP contribution in [0.15, 0.2) is 77.7 Å². The lowest BCUT2D eigenvalue weighted by molar-refractivity contribution is 0.0951. The largest absolute Gasteiger partial charge is 0.454 e. The molecule has 1 fully saturated rings. The van der Waals surface area contributed by atoms with E-state index in [1.807, 2.05) is 24.3 Å². The van der Waals surface area contributed by atoms with E-state index in [1.165, 1.54) is 6.07 Å². The Morgan fingerprint density at radius 3 is 2.38 bits per heavy atom. The Balaban J connectivity index is 1.81. The highest BCUT2D eigenvalue weighted by molar-refractivity contribution is 7.93. The zero-order valence-electron chi connectivity index (χ0n) is 19.2. The molecule has 1 atom stereocenters. The summed E-state index contributed by atoms with van der Waals surface area (Å²) in [7, 11) is -3.58. The van der Waals surface area contributed by atoms with Crippen molar-refractivity contribution in [3.05, 3.63) is 78.4 Å². The van der Waals surface area contributed by atoms with E-state index in [9.17, 15) is 9.00 Å². The van der Waals surface area contributed by atoms with Crippen molar-refractivity contribution in [1.29, 1.82) is 4.78 Å². The van der Waals surface area contributed by atoms with Crippen LogP contribution >= 0.6 is 0 Å². The molecule has 1 aliphatic carbocycles. The van der Waals surface area contributed by atoms with Crippen molar-refractivity contribution in [2.45, 2.75) is 43.5 Å². The summed E-state index contributed by atoms with van der Waals surface area (Å²) in [4.78, 5) is 13.0. The zero-order valence-corrected chi connectivity index (χ0v) is 20.0. The maximum atomic E-state index is 13.8. The maximum absolute atomic E-state index is 13.8. The number of ether oxygens (including phenoxy) is 1. The Morgan fingerprint density at radius 2 is 1.74 bits per heavy atom. The number of hydrogen-bond donors (Lipinski definition) is 4. The van der Waals surface area contributed by atoms with Gasteiger partial charge >= 0.3 is 0 Å². The van der Waals surface area contributed by atoms with Crippen molar-refractivity contribution in [2.24, 2.45) is 0 Å². The van der Waals surface area contributed by atoms with Gasteiger partial charge in [-0.3, -0.25) is 9.52 Å². The van der Waals surface area contributed by atoms with Crippen molar-refractivity contribution < 1.29 is 13.7 Å². The van der Waals surface area contributed by atoms with Crippen LogP contribution in [-0.4, -0.2) is 22.7 Å². The molecule has 0 saturated heterocycles. The Hall–Kier alpha value is -3.52. The monoisotopic (exact) mass is 478 g/mol. The fraction of sp³-hybridized carbons (Fsp3) is 0.269. The molecule has 0 radical (unpaired) electrons. The van der Waals surface area contributed by atoms with Crippen LogP contribution in [0.5, 0.6) is 11.5 Å². The summed E-state index contributed by atoms with van der Waals surface area (Å²) < 4.78 is 31.6. The molecular formula is C26H30N4O3S. The van der Waals surface area contributed by atoms with Crippen molar-refractivity contribution in [1.82, 2.24) is 5.32 Å². The zero-order chi connectivity index (χ0) is 24.0. The van der Waals surface area contributed by atoms with Gasteiger partial charge in [0.15, 0.2) is 15.7 Å². The van der Waals surface area contributed by atoms with Gasteiger partial charge in [-0.25, -0.2) is 8.99 Å². The molecule has 1 amide bonds. The number of anilines is 2. The van der Waals surface area contributed by atoms with Crippen LogP contribution in [0.4, 0.5) is 11.4 Å². The second-order valence-corrected chi connectivity index (χ2v) is 10.1. The van der Waals surface area contributed by atoms with E-state index in [4.69, 9.17) is 9.52 Å². The van der Waals surface area contributed by atoms with Gasteiger partial charge in [0.1, 0.15) is 10.6 Å². The summed E-state index contributed by atoms with van der Waals surface area (Å²) in [5, 5.41) is 6.31. The molecule has 3 aromatic carbocycles. The normalized spacial score (nSPS) is 14.6. The van der Waals surface area contributed by atoms with Gasteiger partial charge in [0, 0.05) is 23.8 Å². The Labute approximate surface area is 201 Å². The van der Waals surface area contributed by atoms with Crippen LogP contribution in [0.3, 0.4) is 0 Å². The molecule has 4 rings (SSSR count). The molecule has 4 N–H and O–H groups in total. The number of carbonyl (C=O) groups is 1. The first-order valence-electron chi connectivity index (χ1n) is 11.5. The Morgan fingerprint density at radius 1 is 1.06 bits per heavy atom. The summed E-state index contributed by atoms with van der Waals surface area (Å²) in [5.41, 5.74) is 1.42. The van der Waals surface area contributed by atoms with Crippen LogP contribution in [0.25, 0.3) is 0 Å². The lowest BCUT2D eigenvalue weighted by atomic mass is 10.1. The Bertz CT molecular complexity index is 1230. The van der Waals surface area contributed by atoms with Gasteiger partial charge in [0.25, 0.3) is 5.91 Å². The Kier molecular flexibility index (Phi) is 7.37. The minimum atomic E-state index is -3.58. The van der Waals surface area contributed by atoms with Crippen molar-refractivity contribution in [3.63, 3.8) is 0 Å². The van der Waals surface area contributed by atoms with E-state index in [0.717, 1.165) is 25.7 Å². The number of amides is 1. The van der Waals surface area contributed by atoms with Gasteiger partial charge in [-0.15, -0.1) is 0 Å². The summed E-state index contributed by atoms with van der Waals surface area (Å²) in [6.45, 7) is 2.74. The molecule has 0 bridgehead atoms. The number of benzene rings is 3. The van der Waals surface area contributed by atoms with Crippen LogP contribution in [0.2, 0.25) is 0 Å². The molecule has 1 saturated carbocycles. The number of carbonyl (C=O) groups excluding carboxylic acids is 1. The molecular weight excluding hydrogens is 448 g/mol. The fourth-order valence-electron chi connectivity index (χ4n) is 3.41. The average Bonchev–Trinajstić information content (AvgIpc) is 3.65. The van der Waals surface area contributed by atoms with E-state index in [1.54, 1.807) is 42.5 Å². The first kappa shape index (κ1) is 23.6. The first-order valence-corrected chi connectivity index (χ1v) is 13.1. The molecule has 178 valence electrons. The fourth-order valence-corrected chi connectivity index (χ4v) is 4.70. The van der Waals surface area contributed by atoms with E-state index in [2.05, 4.69) is 22.3 Å². The highest BCUT2D eigenvalue weighted by Crippen LogP contribution is 2.39. The second kappa shape index (κ2) is 10.6. The van der Waals surface area contributed by atoms with Gasteiger partial charge in [-0.05, 0) is 55.7 Å². The maximum Gasteiger partial charge on any atom is 0.251 e.